The molecular formula is C17H21N7S. The van der Waals surface area contributed by atoms with Gasteiger partial charge < -0.3 is 4.90 Å². The quantitative estimate of drug-likeness (QED) is 0.512. The van der Waals surface area contributed by atoms with Gasteiger partial charge in [-0.25, -0.2) is 19.5 Å². The van der Waals surface area contributed by atoms with Gasteiger partial charge in [0.2, 0.25) is 0 Å². The number of hydrogen-bond donors (Lipinski definition) is 0. The summed E-state index contributed by atoms with van der Waals surface area (Å²) in [5.74, 6) is 2.01. The van der Waals surface area contributed by atoms with E-state index in [2.05, 4.69) is 42.8 Å². The van der Waals surface area contributed by atoms with E-state index in [1.54, 1.807) is 18.0 Å². The molecule has 4 heterocycles. The number of hydrogen-bond acceptors (Lipinski definition) is 7. The number of piperazine rings is 1. The van der Waals surface area contributed by atoms with E-state index in [0.29, 0.717) is 0 Å². The molecule has 0 bridgehead atoms. The fraction of sp³-hybridized carbons (Fsp3) is 0.412. The Morgan fingerprint density at radius 2 is 1.84 bits per heavy atom. The first-order chi connectivity index (χ1) is 12.3. The van der Waals surface area contributed by atoms with E-state index >= 15 is 0 Å². The fourth-order valence-electron chi connectivity index (χ4n) is 3.00. The summed E-state index contributed by atoms with van der Waals surface area (Å²) in [6, 6.07) is 4.07. The van der Waals surface area contributed by atoms with E-state index in [4.69, 9.17) is 0 Å². The molecule has 1 saturated heterocycles. The molecule has 8 heteroatoms. The number of thioether (sulfide) groups is 1. The molecule has 0 N–H and O–H groups in total. The average molecular weight is 355 g/mol. The van der Waals surface area contributed by atoms with Crippen molar-refractivity contribution in [2.45, 2.75) is 18.6 Å². The number of nitrogens with zero attached hydrogens (tertiary/aromatic N) is 7. The zero-order valence-electron chi connectivity index (χ0n) is 14.2. The van der Waals surface area contributed by atoms with Gasteiger partial charge in [-0.05, 0) is 17.9 Å². The molecule has 0 radical (unpaired) electrons. The summed E-state index contributed by atoms with van der Waals surface area (Å²) in [4.78, 5) is 17.8. The van der Waals surface area contributed by atoms with Crippen molar-refractivity contribution in [3.05, 3.63) is 42.5 Å². The smallest absolute Gasteiger partial charge is 0.187 e. The van der Waals surface area contributed by atoms with Crippen LogP contribution in [0.15, 0.2) is 42.1 Å². The largest absolute Gasteiger partial charge is 0.353 e. The maximum absolute atomic E-state index is 4.63. The minimum Gasteiger partial charge on any atom is -0.353 e. The van der Waals surface area contributed by atoms with Gasteiger partial charge in [0.25, 0.3) is 0 Å². The molecule has 1 fully saturated rings. The van der Waals surface area contributed by atoms with Crippen LogP contribution < -0.4 is 4.90 Å². The first kappa shape index (κ1) is 16.3. The molecule has 7 nitrogen and oxygen atoms in total. The van der Waals surface area contributed by atoms with Crippen LogP contribution in [0.3, 0.4) is 0 Å². The Hall–Kier alpha value is -2.19. The molecule has 4 rings (SSSR count). The van der Waals surface area contributed by atoms with E-state index in [-0.39, 0.29) is 0 Å². The van der Waals surface area contributed by atoms with Crippen LogP contribution in [0.1, 0.15) is 12.5 Å². The van der Waals surface area contributed by atoms with Crippen LogP contribution in [0.2, 0.25) is 0 Å². The van der Waals surface area contributed by atoms with Crippen LogP contribution in [0.4, 0.5) is 5.82 Å². The summed E-state index contributed by atoms with van der Waals surface area (Å²) >= 11 is 1.67. The zero-order chi connectivity index (χ0) is 17.1. The molecule has 1 aliphatic rings. The van der Waals surface area contributed by atoms with Gasteiger partial charge in [0.1, 0.15) is 5.82 Å². The Balaban J connectivity index is 1.34. The molecule has 130 valence electrons. The minimum atomic E-state index is 0.858. The van der Waals surface area contributed by atoms with Crippen molar-refractivity contribution in [2.75, 3.05) is 36.8 Å². The third-order valence-electron chi connectivity index (χ3n) is 4.30. The molecule has 3 aromatic rings. The van der Waals surface area contributed by atoms with Crippen molar-refractivity contribution in [3.8, 4) is 0 Å². The van der Waals surface area contributed by atoms with Gasteiger partial charge in [0.15, 0.2) is 10.8 Å². The predicted octanol–water partition coefficient (Wildman–Crippen LogP) is 1.95. The molecule has 0 unspecified atom stereocenters. The molecule has 0 aliphatic carbocycles. The molecule has 3 aromatic heterocycles. The first-order valence-corrected chi connectivity index (χ1v) is 9.52. The lowest BCUT2D eigenvalue weighted by molar-refractivity contribution is 0.248. The lowest BCUT2D eigenvalue weighted by Gasteiger charge is -2.35. The topological polar surface area (TPSA) is 62.5 Å². The number of fused-ring (bicyclic) bond motifs is 1. The van der Waals surface area contributed by atoms with Gasteiger partial charge in [-0.1, -0.05) is 18.7 Å². The van der Waals surface area contributed by atoms with E-state index in [0.717, 1.165) is 55.1 Å². The molecular weight excluding hydrogens is 334 g/mol. The Bertz CT molecular complexity index is 824. The van der Waals surface area contributed by atoms with Gasteiger partial charge in [-0.2, -0.15) is 0 Å². The second-order valence-electron chi connectivity index (χ2n) is 5.99. The Labute approximate surface area is 151 Å². The maximum atomic E-state index is 4.63. The third kappa shape index (κ3) is 3.74. The third-order valence-corrected chi connectivity index (χ3v) is 5.06. The summed E-state index contributed by atoms with van der Waals surface area (Å²) in [5, 5.41) is 5.49. The fourth-order valence-corrected chi connectivity index (χ4v) is 3.51. The van der Waals surface area contributed by atoms with Gasteiger partial charge in [-0.15, -0.1) is 5.10 Å². The second kappa shape index (κ2) is 7.37. The summed E-state index contributed by atoms with van der Waals surface area (Å²) in [6.07, 6.45) is 7.56. The standard InChI is InChI=1S/C17H21N7S/c1-2-25-17-19-11-14(12-20-17)13-22-7-9-23(10-8-22)16-4-3-15-18-5-6-24(15)21-16/h3-6,11-12H,2,7-10,13H2,1H3. The number of anilines is 1. The summed E-state index contributed by atoms with van der Waals surface area (Å²) in [6.45, 7) is 6.97. The predicted molar refractivity (Wildman–Crippen MR) is 98.9 cm³/mol. The van der Waals surface area contributed by atoms with Crippen molar-refractivity contribution in [3.63, 3.8) is 0 Å². The molecule has 0 atom stereocenters. The van der Waals surface area contributed by atoms with Crippen molar-refractivity contribution in [2.24, 2.45) is 0 Å². The first-order valence-electron chi connectivity index (χ1n) is 8.53. The highest BCUT2D eigenvalue weighted by molar-refractivity contribution is 7.99. The highest BCUT2D eigenvalue weighted by atomic mass is 32.2. The van der Waals surface area contributed by atoms with Gasteiger partial charge in [-0.3, -0.25) is 4.90 Å². The zero-order valence-corrected chi connectivity index (χ0v) is 15.1. The van der Waals surface area contributed by atoms with Crippen LogP contribution in [0.25, 0.3) is 5.65 Å². The van der Waals surface area contributed by atoms with Crippen molar-refractivity contribution < 1.29 is 0 Å². The Morgan fingerprint density at radius 3 is 2.60 bits per heavy atom. The normalized spacial score (nSPS) is 15.8. The Kier molecular flexibility index (Phi) is 4.80. The molecule has 1 aliphatic heterocycles. The molecule has 0 aromatic carbocycles. The van der Waals surface area contributed by atoms with Crippen LogP contribution >= 0.6 is 11.8 Å². The number of imidazole rings is 1. The van der Waals surface area contributed by atoms with E-state index < -0.39 is 0 Å². The average Bonchev–Trinajstić information content (AvgIpc) is 3.12. The molecule has 0 spiro atoms. The van der Waals surface area contributed by atoms with E-state index in [1.807, 2.05) is 29.2 Å². The van der Waals surface area contributed by atoms with Crippen LogP contribution in [0, 0.1) is 0 Å². The lowest BCUT2D eigenvalue weighted by atomic mass is 10.2. The van der Waals surface area contributed by atoms with Gasteiger partial charge >= 0.3 is 0 Å². The molecule has 0 amide bonds. The van der Waals surface area contributed by atoms with Gasteiger partial charge in [0, 0.05) is 63.1 Å². The SMILES string of the molecule is CCSc1ncc(CN2CCN(c3ccc4nccn4n3)CC2)cn1. The minimum absolute atomic E-state index is 0.858. The van der Waals surface area contributed by atoms with E-state index in [9.17, 15) is 0 Å². The van der Waals surface area contributed by atoms with Crippen molar-refractivity contribution in [1.29, 1.82) is 0 Å². The van der Waals surface area contributed by atoms with Gasteiger partial charge in [0.05, 0.1) is 0 Å². The molecule has 25 heavy (non-hydrogen) atoms. The van der Waals surface area contributed by atoms with E-state index in [1.165, 1.54) is 5.56 Å². The second-order valence-corrected chi connectivity index (χ2v) is 7.22. The highest BCUT2D eigenvalue weighted by Gasteiger charge is 2.18. The van der Waals surface area contributed by atoms with Crippen LogP contribution in [0.5, 0.6) is 0 Å². The lowest BCUT2D eigenvalue weighted by Crippen LogP contribution is -2.46. The monoisotopic (exact) mass is 355 g/mol. The highest BCUT2D eigenvalue weighted by Crippen LogP contribution is 2.16. The summed E-state index contributed by atoms with van der Waals surface area (Å²) < 4.78 is 1.83. The summed E-state index contributed by atoms with van der Waals surface area (Å²) in [7, 11) is 0. The maximum Gasteiger partial charge on any atom is 0.187 e. The number of aromatic nitrogens is 5. The van der Waals surface area contributed by atoms with Crippen LogP contribution in [-0.4, -0.2) is 61.4 Å². The molecule has 0 saturated carbocycles. The van der Waals surface area contributed by atoms with Crippen LogP contribution in [-0.2, 0) is 6.54 Å². The van der Waals surface area contributed by atoms with Crippen molar-refractivity contribution >= 4 is 23.2 Å². The number of rotatable bonds is 5. The summed E-state index contributed by atoms with van der Waals surface area (Å²) in [5.41, 5.74) is 2.05. The van der Waals surface area contributed by atoms with Crippen molar-refractivity contribution in [1.82, 2.24) is 29.5 Å². The Morgan fingerprint density at radius 1 is 1.04 bits per heavy atom.